The molecule has 0 aromatic heterocycles. The first-order valence-electron chi connectivity index (χ1n) is 4.80. The van der Waals surface area contributed by atoms with Crippen LogP contribution in [0.15, 0.2) is 24.3 Å². The van der Waals surface area contributed by atoms with Crippen molar-refractivity contribution in [3.63, 3.8) is 0 Å². The van der Waals surface area contributed by atoms with E-state index < -0.39 is 30.3 Å². The zero-order valence-electron chi connectivity index (χ0n) is 9.50. The molecule has 0 bridgehead atoms. The molecule has 0 amide bonds. The van der Waals surface area contributed by atoms with E-state index in [2.05, 4.69) is 4.74 Å². The first-order chi connectivity index (χ1) is 8.55. The van der Waals surface area contributed by atoms with Crippen molar-refractivity contribution in [1.29, 1.82) is 0 Å². The van der Waals surface area contributed by atoms with Crippen LogP contribution in [0, 0.1) is 0 Å². The fourth-order valence-corrected chi connectivity index (χ4v) is 1.24. The third kappa shape index (κ3) is 4.14. The predicted molar refractivity (Wildman–Crippen MR) is 58.3 cm³/mol. The molecule has 0 heterocycles. The maximum atomic E-state index is 12.9. The Morgan fingerprint density at radius 2 is 1.40 bits per heavy atom. The van der Waals surface area contributed by atoms with Crippen LogP contribution in [0.3, 0.4) is 0 Å². The quantitative estimate of drug-likeness (QED) is 0.851. The summed E-state index contributed by atoms with van der Waals surface area (Å²) in [5.74, 6) is -5.50. The summed E-state index contributed by atoms with van der Waals surface area (Å²) in [4.78, 5) is 0. The highest BCUT2D eigenvalue weighted by Gasteiger charge is 2.61. The normalized spacial score (nSPS) is 13.8. The van der Waals surface area contributed by atoms with Gasteiger partial charge in [0.1, 0.15) is 11.8 Å². The van der Waals surface area contributed by atoms with Crippen LogP contribution in [-0.2, 0) is 0 Å². The van der Waals surface area contributed by atoms with Crippen molar-refractivity contribution in [2.24, 2.45) is 5.73 Å². The molecule has 1 atom stereocenters. The lowest BCUT2D eigenvalue weighted by Crippen LogP contribution is -2.45. The van der Waals surface area contributed by atoms with Crippen molar-refractivity contribution in [2.45, 2.75) is 24.8 Å². The van der Waals surface area contributed by atoms with Crippen LogP contribution in [0.4, 0.5) is 30.7 Å². The highest BCUT2D eigenvalue weighted by Crippen LogP contribution is 2.43. The number of hydrogen-bond acceptors (Lipinski definition) is 2. The number of hydrogen-bond donors (Lipinski definition) is 1. The summed E-state index contributed by atoms with van der Waals surface area (Å²) in [7, 11) is 0. The van der Waals surface area contributed by atoms with Gasteiger partial charge in [0.05, 0.1) is 0 Å². The topological polar surface area (TPSA) is 35.2 Å². The molecule has 1 aromatic rings. The molecule has 10 heteroatoms. The van der Waals surface area contributed by atoms with Crippen molar-refractivity contribution in [3.8, 4) is 5.75 Å². The largest absolute Gasteiger partial charge is 0.455 e. The molecule has 0 radical (unpaired) electrons. The Labute approximate surface area is 115 Å². The lowest BCUT2D eigenvalue weighted by atomic mass is 10.0. The Balaban J connectivity index is 0.00000361. The van der Waals surface area contributed by atoms with Crippen molar-refractivity contribution in [3.05, 3.63) is 29.8 Å². The Morgan fingerprint density at radius 1 is 0.950 bits per heavy atom. The van der Waals surface area contributed by atoms with E-state index >= 15 is 0 Å². The second-order valence-corrected chi connectivity index (χ2v) is 3.55. The van der Waals surface area contributed by atoms with Crippen LogP contribution in [0.25, 0.3) is 0 Å². The van der Waals surface area contributed by atoms with Crippen LogP contribution in [0.1, 0.15) is 11.6 Å². The van der Waals surface area contributed by atoms with Gasteiger partial charge in [-0.25, -0.2) is 0 Å². The maximum Gasteiger partial charge on any atom is 0.455 e. The molecule has 1 rings (SSSR count). The van der Waals surface area contributed by atoms with Crippen molar-refractivity contribution < 1.29 is 35.5 Å². The van der Waals surface area contributed by atoms with E-state index in [-0.39, 0.29) is 18.2 Å². The number of halogens is 8. The summed E-state index contributed by atoms with van der Waals surface area (Å²) in [6.07, 6.45) is -5.80. The van der Waals surface area contributed by atoms with E-state index in [0.717, 1.165) is 24.3 Å². The van der Waals surface area contributed by atoms with Crippen molar-refractivity contribution >= 4 is 12.4 Å². The van der Waals surface area contributed by atoms with Gasteiger partial charge in [-0.1, -0.05) is 12.1 Å². The number of ether oxygens (including phenoxy) is 1. The second-order valence-electron chi connectivity index (χ2n) is 3.55. The summed E-state index contributed by atoms with van der Waals surface area (Å²) < 4.78 is 89.6. The van der Waals surface area contributed by atoms with E-state index in [0.29, 0.717) is 0 Å². The van der Waals surface area contributed by atoms with E-state index in [1.165, 1.54) is 0 Å². The molecular weight excluding hydrogens is 319 g/mol. The van der Waals surface area contributed by atoms with Gasteiger partial charge in [0.15, 0.2) is 0 Å². The molecule has 0 fully saturated rings. The standard InChI is InChI=1S/C10H8F7NO.ClH/c11-8(12)19-6-3-1-5(2-4-6)7(18)9(13,14)10(15,16)17;/h1-4,7-8H,18H2;1H/t7-;/m0./s1. The van der Waals surface area contributed by atoms with E-state index in [9.17, 15) is 30.7 Å². The average Bonchev–Trinajstić information content (AvgIpc) is 2.26. The monoisotopic (exact) mass is 327 g/mol. The minimum Gasteiger partial charge on any atom is -0.435 e. The van der Waals surface area contributed by atoms with Crippen LogP contribution in [0.5, 0.6) is 5.75 Å². The molecule has 2 N–H and O–H groups in total. The van der Waals surface area contributed by atoms with E-state index in [1.54, 1.807) is 0 Å². The predicted octanol–water partition coefficient (Wildman–Crippen LogP) is 3.91. The first kappa shape index (κ1) is 18.8. The minimum atomic E-state index is -5.80. The third-order valence-corrected chi connectivity index (χ3v) is 2.23. The molecule has 20 heavy (non-hydrogen) atoms. The number of nitrogens with two attached hydrogens (primary N) is 1. The van der Waals surface area contributed by atoms with Gasteiger partial charge in [0.2, 0.25) is 0 Å². The lowest BCUT2D eigenvalue weighted by molar-refractivity contribution is -0.291. The molecular formula is C10H9ClF7NO. The molecule has 2 nitrogen and oxygen atoms in total. The van der Waals surface area contributed by atoms with Gasteiger partial charge in [-0.15, -0.1) is 12.4 Å². The number of alkyl halides is 7. The summed E-state index contributed by atoms with van der Waals surface area (Å²) in [6, 6.07) is 0.555. The Bertz CT molecular complexity index is 421. The summed E-state index contributed by atoms with van der Waals surface area (Å²) in [5, 5.41) is 0. The van der Waals surface area contributed by atoms with Gasteiger partial charge in [-0.3, -0.25) is 0 Å². The van der Waals surface area contributed by atoms with Gasteiger partial charge < -0.3 is 10.5 Å². The first-order valence-corrected chi connectivity index (χ1v) is 4.80. The molecule has 0 saturated carbocycles. The zero-order chi connectivity index (χ0) is 14.8. The van der Waals surface area contributed by atoms with E-state index in [4.69, 9.17) is 5.73 Å². The van der Waals surface area contributed by atoms with Crippen molar-refractivity contribution in [1.82, 2.24) is 0 Å². The fraction of sp³-hybridized carbons (Fsp3) is 0.400. The molecule has 116 valence electrons. The Morgan fingerprint density at radius 3 is 1.75 bits per heavy atom. The zero-order valence-corrected chi connectivity index (χ0v) is 10.3. The van der Waals surface area contributed by atoms with Crippen molar-refractivity contribution in [2.75, 3.05) is 0 Å². The van der Waals surface area contributed by atoms with Gasteiger partial charge in [-0.2, -0.15) is 30.7 Å². The summed E-state index contributed by atoms with van der Waals surface area (Å²) in [6.45, 7) is -3.13. The van der Waals surface area contributed by atoms with E-state index in [1.807, 2.05) is 0 Å². The molecule has 0 aliphatic heterocycles. The van der Waals surface area contributed by atoms with Crippen LogP contribution >= 0.6 is 12.4 Å². The molecule has 0 spiro atoms. The molecule has 0 aliphatic carbocycles. The van der Waals surface area contributed by atoms with Gasteiger partial charge in [0, 0.05) is 0 Å². The fourth-order valence-electron chi connectivity index (χ4n) is 1.24. The Kier molecular flexibility index (Phi) is 6.09. The Hall–Kier alpha value is -1.22. The third-order valence-electron chi connectivity index (χ3n) is 2.23. The number of rotatable bonds is 4. The van der Waals surface area contributed by atoms with Crippen LogP contribution in [0.2, 0.25) is 0 Å². The minimum absolute atomic E-state index is 0. The molecule has 0 unspecified atom stereocenters. The van der Waals surface area contributed by atoms with Crippen LogP contribution < -0.4 is 10.5 Å². The molecule has 0 saturated heterocycles. The highest BCUT2D eigenvalue weighted by molar-refractivity contribution is 5.85. The van der Waals surface area contributed by atoms with Gasteiger partial charge in [-0.05, 0) is 17.7 Å². The lowest BCUT2D eigenvalue weighted by Gasteiger charge is -2.26. The van der Waals surface area contributed by atoms with Gasteiger partial charge in [0.25, 0.3) is 0 Å². The van der Waals surface area contributed by atoms with Gasteiger partial charge >= 0.3 is 18.7 Å². The smallest absolute Gasteiger partial charge is 0.435 e. The molecule has 0 aliphatic rings. The SMILES string of the molecule is Cl.N[C@@H](c1ccc(OC(F)F)cc1)C(F)(F)C(F)(F)F. The summed E-state index contributed by atoms with van der Waals surface area (Å²) in [5.41, 5.74) is 4.30. The number of benzene rings is 1. The summed E-state index contributed by atoms with van der Waals surface area (Å²) >= 11 is 0. The van der Waals surface area contributed by atoms with Crippen LogP contribution in [-0.4, -0.2) is 18.7 Å². The second kappa shape index (κ2) is 6.49. The highest BCUT2D eigenvalue weighted by atomic mass is 35.5. The average molecular weight is 328 g/mol. The molecule has 1 aromatic carbocycles. The maximum absolute atomic E-state index is 12.9.